The molecule has 3 aromatic rings. The summed E-state index contributed by atoms with van der Waals surface area (Å²) in [6, 6.07) is 13.6. The van der Waals surface area contributed by atoms with E-state index in [4.69, 9.17) is 0 Å². The van der Waals surface area contributed by atoms with Crippen LogP contribution in [0.25, 0.3) is 11.0 Å². The van der Waals surface area contributed by atoms with Gasteiger partial charge in [-0.15, -0.1) is 0 Å². The van der Waals surface area contributed by atoms with Crippen LogP contribution >= 0.6 is 0 Å². The van der Waals surface area contributed by atoms with Gasteiger partial charge in [-0.25, -0.2) is 4.79 Å². The Labute approximate surface area is 153 Å². The number of nitrogens with one attached hydrogen (secondary N) is 1. The summed E-state index contributed by atoms with van der Waals surface area (Å²) in [5, 5.41) is 2.96. The van der Waals surface area contributed by atoms with Crippen molar-refractivity contribution in [3.8, 4) is 0 Å². The highest BCUT2D eigenvalue weighted by atomic mass is 16.2. The molecule has 5 nitrogen and oxygen atoms in total. The summed E-state index contributed by atoms with van der Waals surface area (Å²) in [5.41, 5.74) is 4.79. The molecule has 136 valence electrons. The summed E-state index contributed by atoms with van der Waals surface area (Å²) >= 11 is 0. The van der Waals surface area contributed by atoms with E-state index < -0.39 is 0 Å². The zero-order valence-electron chi connectivity index (χ0n) is 15.6. The molecule has 3 rings (SSSR count). The van der Waals surface area contributed by atoms with Crippen LogP contribution in [0.4, 0.5) is 5.69 Å². The number of nitrogens with zero attached hydrogens (tertiary/aromatic N) is 2. The monoisotopic (exact) mass is 351 g/mol. The third kappa shape index (κ3) is 3.43. The first kappa shape index (κ1) is 18.0. The third-order valence-corrected chi connectivity index (χ3v) is 4.81. The highest BCUT2D eigenvalue weighted by molar-refractivity contribution is 5.91. The lowest BCUT2D eigenvalue weighted by Crippen LogP contribution is -2.26. The van der Waals surface area contributed by atoms with Gasteiger partial charge >= 0.3 is 5.69 Å². The van der Waals surface area contributed by atoms with Crippen LogP contribution in [0.2, 0.25) is 0 Å². The van der Waals surface area contributed by atoms with Gasteiger partial charge in [0.05, 0.1) is 11.0 Å². The second-order valence-corrected chi connectivity index (χ2v) is 6.62. The zero-order chi connectivity index (χ0) is 18.7. The average Bonchev–Trinajstić information content (AvgIpc) is 2.89. The number of fused-ring (bicyclic) bond motifs is 1. The van der Waals surface area contributed by atoms with Gasteiger partial charge in [-0.3, -0.25) is 13.9 Å². The third-order valence-electron chi connectivity index (χ3n) is 4.81. The summed E-state index contributed by atoms with van der Waals surface area (Å²) in [6.07, 6.45) is 1.15. The van der Waals surface area contributed by atoms with Crippen LogP contribution in [0, 0.1) is 13.8 Å². The van der Waals surface area contributed by atoms with Gasteiger partial charge in [0.2, 0.25) is 5.91 Å². The van der Waals surface area contributed by atoms with Gasteiger partial charge in [-0.2, -0.15) is 0 Å². The molecular weight excluding hydrogens is 326 g/mol. The Bertz CT molecular complexity index is 998. The maximum Gasteiger partial charge on any atom is 0.329 e. The Morgan fingerprint density at radius 3 is 2.27 bits per heavy atom. The molecule has 1 N–H and O–H groups in total. The molecule has 1 heterocycles. The summed E-state index contributed by atoms with van der Waals surface area (Å²) in [6.45, 7) is 7.12. The van der Waals surface area contributed by atoms with Gasteiger partial charge in [0.25, 0.3) is 0 Å². The first-order valence-electron chi connectivity index (χ1n) is 9.07. The summed E-state index contributed by atoms with van der Waals surface area (Å²) in [4.78, 5) is 25.1. The Morgan fingerprint density at radius 2 is 1.62 bits per heavy atom. The van der Waals surface area contributed by atoms with Gasteiger partial charge in [0.1, 0.15) is 0 Å². The fraction of sp³-hybridized carbons (Fsp3) is 0.333. The van der Waals surface area contributed by atoms with Crippen LogP contribution in [0.5, 0.6) is 0 Å². The molecule has 2 aromatic carbocycles. The second kappa shape index (κ2) is 7.60. The first-order chi connectivity index (χ1) is 12.5. The number of hydrogen-bond acceptors (Lipinski definition) is 2. The SMILES string of the molecule is CCCn1c(=O)n(CCC(=O)Nc2cccc(C)c2C)c2ccccc21. The molecule has 0 radical (unpaired) electrons. The smallest absolute Gasteiger partial charge is 0.326 e. The number of aromatic nitrogens is 2. The number of amides is 1. The predicted molar refractivity (Wildman–Crippen MR) is 106 cm³/mol. The molecule has 0 saturated carbocycles. The van der Waals surface area contributed by atoms with Crippen molar-refractivity contribution in [2.45, 2.75) is 46.7 Å². The van der Waals surface area contributed by atoms with Gasteiger partial charge < -0.3 is 5.32 Å². The fourth-order valence-electron chi connectivity index (χ4n) is 3.24. The quantitative estimate of drug-likeness (QED) is 0.733. The van der Waals surface area contributed by atoms with E-state index in [0.29, 0.717) is 13.1 Å². The van der Waals surface area contributed by atoms with E-state index in [2.05, 4.69) is 12.2 Å². The van der Waals surface area contributed by atoms with Crippen LogP contribution in [0.15, 0.2) is 47.3 Å². The van der Waals surface area contributed by atoms with E-state index >= 15 is 0 Å². The maximum atomic E-state index is 12.7. The number of hydrogen-bond donors (Lipinski definition) is 1. The minimum Gasteiger partial charge on any atom is -0.326 e. The van der Waals surface area contributed by atoms with Crippen LogP contribution in [-0.4, -0.2) is 15.0 Å². The first-order valence-corrected chi connectivity index (χ1v) is 9.07. The van der Waals surface area contributed by atoms with Crippen molar-refractivity contribution in [1.29, 1.82) is 0 Å². The number of imidazole rings is 1. The normalized spacial score (nSPS) is 11.0. The van der Waals surface area contributed by atoms with Crippen molar-refractivity contribution in [1.82, 2.24) is 9.13 Å². The van der Waals surface area contributed by atoms with Crippen molar-refractivity contribution in [2.24, 2.45) is 0 Å². The van der Waals surface area contributed by atoms with Crippen molar-refractivity contribution in [3.63, 3.8) is 0 Å². The molecule has 0 saturated heterocycles. The number of aryl methyl sites for hydroxylation is 3. The molecule has 0 spiro atoms. The lowest BCUT2D eigenvalue weighted by molar-refractivity contribution is -0.116. The predicted octanol–water partition coefficient (Wildman–Crippen LogP) is 3.86. The lowest BCUT2D eigenvalue weighted by Gasteiger charge is -2.10. The maximum absolute atomic E-state index is 12.7. The Kier molecular flexibility index (Phi) is 5.26. The van der Waals surface area contributed by atoms with Gasteiger partial charge in [0.15, 0.2) is 0 Å². The molecular formula is C21H25N3O2. The van der Waals surface area contributed by atoms with E-state index in [1.54, 1.807) is 9.13 Å². The van der Waals surface area contributed by atoms with Crippen molar-refractivity contribution in [3.05, 3.63) is 64.1 Å². The molecule has 26 heavy (non-hydrogen) atoms. The van der Waals surface area contributed by atoms with Gasteiger partial charge in [0, 0.05) is 25.2 Å². The molecule has 0 aliphatic carbocycles. The number of rotatable bonds is 6. The standard InChI is InChI=1S/C21H25N3O2/c1-4-13-23-18-10-5-6-11-19(18)24(21(23)26)14-12-20(25)22-17-9-7-8-15(2)16(17)3/h5-11H,4,12-14H2,1-3H3,(H,22,25). The van der Waals surface area contributed by atoms with Crippen LogP contribution in [-0.2, 0) is 17.9 Å². The zero-order valence-corrected chi connectivity index (χ0v) is 15.6. The molecule has 1 amide bonds. The lowest BCUT2D eigenvalue weighted by atomic mass is 10.1. The molecule has 0 fully saturated rings. The average molecular weight is 351 g/mol. The van der Waals surface area contributed by atoms with E-state index in [0.717, 1.165) is 34.3 Å². The highest BCUT2D eigenvalue weighted by Gasteiger charge is 2.13. The minimum atomic E-state index is -0.0853. The van der Waals surface area contributed by atoms with Gasteiger partial charge in [-0.1, -0.05) is 31.2 Å². The van der Waals surface area contributed by atoms with E-state index in [-0.39, 0.29) is 18.0 Å². The number of para-hydroxylation sites is 2. The van der Waals surface area contributed by atoms with Crippen LogP contribution in [0.3, 0.4) is 0 Å². The topological polar surface area (TPSA) is 56.0 Å². The number of carbonyl (C=O) groups is 1. The van der Waals surface area contributed by atoms with Crippen molar-refractivity contribution < 1.29 is 4.79 Å². The largest absolute Gasteiger partial charge is 0.329 e. The van der Waals surface area contributed by atoms with Crippen LogP contribution in [0.1, 0.15) is 30.9 Å². The molecule has 0 aliphatic rings. The summed E-state index contributed by atoms with van der Waals surface area (Å²) in [5.74, 6) is -0.0853. The summed E-state index contributed by atoms with van der Waals surface area (Å²) in [7, 11) is 0. The Morgan fingerprint density at radius 1 is 0.962 bits per heavy atom. The van der Waals surface area contributed by atoms with E-state index in [1.807, 2.05) is 56.3 Å². The molecule has 0 unspecified atom stereocenters. The number of benzene rings is 2. The molecule has 1 aromatic heterocycles. The van der Waals surface area contributed by atoms with E-state index in [1.165, 1.54) is 0 Å². The van der Waals surface area contributed by atoms with Crippen molar-refractivity contribution in [2.75, 3.05) is 5.32 Å². The highest BCUT2D eigenvalue weighted by Crippen LogP contribution is 2.18. The van der Waals surface area contributed by atoms with Crippen LogP contribution < -0.4 is 11.0 Å². The molecule has 0 bridgehead atoms. The Hall–Kier alpha value is -2.82. The number of anilines is 1. The number of carbonyl (C=O) groups excluding carboxylic acids is 1. The molecule has 0 atom stereocenters. The second-order valence-electron chi connectivity index (χ2n) is 6.62. The fourth-order valence-corrected chi connectivity index (χ4v) is 3.24. The van der Waals surface area contributed by atoms with E-state index in [9.17, 15) is 9.59 Å². The van der Waals surface area contributed by atoms with Gasteiger partial charge in [-0.05, 0) is 49.6 Å². The Balaban J connectivity index is 1.79. The minimum absolute atomic E-state index is 0.0485. The summed E-state index contributed by atoms with van der Waals surface area (Å²) < 4.78 is 3.49. The molecule has 0 aliphatic heterocycles. The molecule has 5 heteroatoms. The van der Waals surface area contributed by atoms with Crippen molar-refractivity contribution >= 4 is 22.6 Å².